The lowest BCUT2D eigenvalue weighted by molar-refractivity contribution is 0.405. The van der Waals surface area contributed by atoms with Crippen LogP contribution in [0.1, 0.15) is 30.7 Å². The Balaban J connectivity index is 1.73. The minimum Gasteiger partial charge on any atom is -0.444 e. The zero-order chi connectivity index (χ0) is 13.0. The molecular formula is C13H20N4O. The van der Waals surface area contributed by atoms with E-state index >= 15 is 0 Å². The highest BCUT2D eigenvalue weighted by Crippen LogP contribution is 2.08. The second-order valence-corrected chi connectivity index (χ2v) is 4.59. The highest BCUT2D eigenvalue weighted by molar-refractivity contribution is 5.05. The maximum Gasteiger partial charge on any atom is 0.208 e. The van der Waals surface area contributed by atoms with Gasteiger partial charge in [0, 0.05) is 25.0 Å². The lowest BCUT2D eigenvalue weighted by Crippen LogP contribution is -2.27. The fourth-order valence-corrected chi connectivity index (χ4v) is 1.74. The lowest BCUT2D eigenvalue weighted by atomic mass is 10.2. The van der Waals surface area contributed by atoms with Crippen LogP contribution < -0.4 is 5.32 Å². The van der Waals surface area contributed by atoms with Gasteiger partial charge in [0.05, 0.1) is 12.2 Å². The number of rotatable bonds is 6. The molecular weight excluding hydrogens is 228 g/mol. The van der Waals surface area contributed by atoms with E-state index in [0.29, 0.717) is 12.6 Å². The summed E-state index contributed by atoms with van der Waals surface area (Å²) in [5, 5.41) is 7.58. The van der Waals surface area contributed by atoms with Crippen LogP contribution in [-0.4, -0.2) is 20.8 Å². The minimum atomic E-state index is 0.404. The van der Waals surface area contributed by atoms with Crippen LogP contribution in [0.5, 0.6) is 0 Å². The van der Waals surface area contributed by atoms with E-state index in [4.69, 9.17) is 4.42 Å². The van der Waals surface area contributed by atoms with Gasteiger partial charge in [0.15, 0.2) is 0 Å². The van der Waals surface area contributed by atoms with E-state index in [1.807, 2.05) is 30.8 Å². The van der Waals surface area contributed by atoms with Crippen molar-refractivity contribution < 1.29 is 4.42 Å². The molecule has 0 saturated carbocycles. The van der Waals surface area contributed by atoms with Crippen molar-refractivity contribution in [2.75, 3.05) is 0 Å². The van der Waals surface area contributed by atoms with Gasteiger partial charge < -0.3 is 9.73 Å². The highest BCUT2D eigenvalue weighted by atomic mass is 16.4. The first kappa shape index (κ1) is 12.8. The van der Waals surface area contributed by atoms with Gasteiger partial charge in [0.2, 0.25) is 5.89 Å². The summed E-state index contributed by atoms with van der Waals surface area (Å²) < 4.78 is 7.47. The first-order chi connectivity index (χ1) is 8.65. The topological polar surface area (TPSA) is 55.9 Å². The first-order valence-corrected chi connectivity index (χ1v) is 6.29. The van der Waals surface area contributed by atoms with Gasteiger partial charge in [-0.3, -0.25) is 4.68 Å². The van der Waals surface area contributed by atoms with Gasteiger partial charge in [-0.1, -0.05) is 0 Å². The van der Waals surface area contributed by atoms with Gasteiger partial charge >= 0.3 is 0 Å². The summed E-state index contributed by atoms with van der Waals surface area (Å²) in [6.07, 6.45) is 4.81. The van der Waals surface area contributed by atoms with Crippen molar-refractivity contribution in [2.24, 2.45) is 0 Å². The van der Waals surface area contributed by atoms with E-state index in [2.05, 4.69) is 22.3 Å². The number of hydrogen-bond acceptors (Lipinski definition) is 4. The Hall–Kier alpha value is -1.62. The molecule has 1 atom stereocenters. The maximum absolute atomic E-state index is 5.52. The molecule has 2 rings (SSSR count). The van der Waals surface area contributed by atoms with E-state index < -0.39 is 0 Å². The van der Waals surface area contributed by atoms with E-state index in [-0.39, 0.29) is 0 Å². The Morgan fingerprint density at radius 2 is 2.28 bits per heavy atom. The van der Waals surface area contributed by atoms with Crippen LogP contribution in [0.4, 0.5) is 0 Å². The van der Waals surface area contributed by atoms with Crippen molar-refractivity contribution in [3.8, 4) is 0 Å². The number of aromatic nitrogens is 3. The summed E-state index contributed by atoms with van der Waals surface area (Å²) in [6.45, 7) is 7.66. The average Bonchev–Trinajstić information content (AvgIpc) is 2.95. The van der Waals surface area contributed by atoms with Gasteiger partial charge in [0.1, 0.15) is 5.76 Å². The van der Waals surface area contributed by atoms with Crippen LogP contribution in [0.2, 0.25) is 0 Å². The summed E-state index contributed by atoms with van der Waals surface area (Å²) in [4.78, 5) is 4.35. The van der Waals surface area contributed by atoms with Crippen molar-refractivity contribution in [2.45, 2.75) is 46.3 Å². The van der Waals surface area contributed by atoms with Crippen molar-refractivity contribution in [3.05, 3.63) is 35.8 Å². The quantitative estimate of drug-likeness (QED) is 0.850. The third kappa shape index (κ3) is 3.43. The SMILES string of the molecule is Cc1nc(CN[C@@H](C)CCn2cccn2)oc1C. The van der Waals surface area contributed by atoms with Gasteiger partial charge in [-0.25, -0.2) is 4.98 Å². The van der Waals surface area contributed by atoms with Gasteiger partial charge in [0.25, 0.3) is 0 Å². The normalized spacial score (nSPS) is 12.8. The molecule has 0 spiro atoms. The molecule has 5 nitrogen and oxygen atoms in total. The summed E-state index contributed by atoms with van der Waals surface area (Å²) in [6, 6.07) is 2.35. The number of nitrogens with zero attached hydrogens (tertiary/aromatic N) is 3. The molecule has 0 amide bonds. The summed E-state index contributed by atoms with van der Waals surface area (Å²) in [7, 11) is 0. The third-order valence-electron chi connectivity index (χ3n) is 3.02. The first-order valence-electron chi connectivity index (χ1n) is 6.29. The number of oxazole rings is 1. The standard InChI is InChI=1S/C13H20N4O/c1-10(5-8-17-7-4-6-15-17)14-9-13-16-11(2)12(3)18-13/h4,6-7,10,14H,5,8-9H2,1-3H3/t10-/m0/s1. The Morgan fingerprint density at radius 1 is 1.44 bits per heavy atom. The Labute approximate surface area is 107 Å². The molecule has 0 aromatic carbocycles. The molecule has 0 aliphatic carbocycles. The Bertz CT molecular complexity index is 456. The molecule has 0 unspecified atom stereocenters. The molecule has 0 aliphatic heterocycles. The van der Waals surface area contributed by atoms with Gasteiger partial charge in [-0.05, 0) is 33.3 Å². The van der Waals surface area contributed by atoms with Crippen LogP contribution in [-0.2, 0) is 13.1 Å². The maximum atomic E-state index is 5.52. The Kier molecular flexibility index (Phi) is 4.15. The van der Waals surface area contributed by atoms with Crippen LogP contribution in [0, 0.1) is 13.8 Å². The Morgan fingerprint density at radius 3 is 2.89 bits per heavy atom. The molecule has 2 aromatic heterocycles. The molecule has 1 N–H and O–H groups in total. The molecule has 0 aliphatic rings. The van der Waals surface area contributed by atoms with Crippen molar-refractivity contribution in [1.29, 1.82) is 0 Å². The molecule has 2 heterocycles. The van der Waals surface area contributed by atoms with Crippen molar-refractivity contribution >= 4 is 0 Å². The van der Waals surface area contributed by atoms with E-state index in [9.17, 15) is 0 Å². The highest BCUT2D eigenvalue weighted by Gasteiger charge is 2.07. The molecule has 5 heteroatoms. The summed E-state index contributed by atoms with van der Waals surface area (Å²) in [5.41, 5.74) is 0.969. The molecule has 0 fully saturated rings. The molecule has 18 heavy (non-hydrogen) atoms. The average molecular weight is 248 g/mol. The zero-order valence-electron chi connectivity index (χ0n) is 11.2. The molecule has 0 radical (unpaired) electrons. The minimum absolute atomic E-state index is 0.404. The lowest BCUT2D eigenvalue weighted by Gasteiger charge is -2.12. The largest absolute Gasteiger partial charge is 0.444 e. The van der Waals surface area contributed by atoms with Crippen LogP contribution >= 0.6 is 0 Å². The van der Waals surface area contributed by atoms with E-state index in [1.54, 1.807) is 6.20 Å². The molecule has 0 saturated heterocycles. The van der Waals surface area contributed by atoms with Gasteiger partial charge in [-0.2, -0.15) is 5.10 Å². The second kappa shape index (κ2) is 5.82. The number of nitrogens with one attached hydrogen (secondary N) is 1. The van der Waals surface area contributed by atoms with Crippen molar-refractivity contribution in [1.82, 2.24) is 20.1 Å². The fourth-order valence-electron chi connectivity index (χ4n) is 1.74. The molecule has 2 aromatic rings. The fraction of sp³-hybridized carbons (Fsp3) is 0.538. The summed E-state index contributed by atoms with van der Waals surface area (Å²) in [5.74, 6) is 1.66. The monoisotopic (exact) mass is 248 g/mol. The van der Waals surface area contributed by atoms with E-state index in [0.717, 1.165) is 30.3 Å². The molecule has 98 valence electrons. The molecule has 0 bridgehead atoms. The van der Waals surface area contributed by atoms with Crippen LogP contribution in [0.3, 0.4) is 0 Å². The third-order valence-corrected chi connectivity index (χ3v) is 3.02. The smallest absolute Gasteiger partial charge is 0.208 e. The number of hydrogen-bond donors (Lipinski definition) is 1. The predicted molar refractivity (Wildman–Crippen MR) is 69.1 cm³/mol. The van der Waals surface area contributed by atoms with Gasteiger partial charge in [-0.15, -0.1) is 0 Å². The number of aryl methyl sites for hydroxylation is 3. The summed E-state index contributed by atoms with van der Waals surface area (Å²) >= 11 is 0. The second-order valence-electron chi connectivity index (χ2n) is 4.59. The van der Waals surface area contributed by atoms with Crippen LogP contribution in [0.15, 0.2) is 22.9 Å². The van der Waals surface area contributed by atoms with E-state index in [1.165, 1.54) is 0 Å². The van der Waals surface area contributed by atoms with Crippen molar-refractivity contribution in [3.63, 3.8) is 0 Å². The predicted octanol–water partition coefficient (Wildman–Crippen LogP) is 2.06. The van der Waals surface area contributed by atoms with Crippen LogP contribution in [0.25, 0.3) is 0 Å². The zero-order valence-corrected chi connectivity index (χ0v) is 11.2.